The number of hydrogen-bond acceptors (Lipinski definition) is 4. The van der Waals surface area contributed by atoms with E-state index in [-0.39, 0.29) is 0 Å². The van der Waals surface area contributed by atoms with E-state index in [1.807, 2.05) is 35.8 Å². The first-order valence-electron chi connectivity index (χ1n) is 16.8. The maximum absolute atomic E-state index is 4.71. The van der Waals surface area contributed by atoms with Crippen LogP contribution in [0.4, 0.5) is 0 Å². The number of allylic oxidation sites excluding steroid dienone is 2. The molecule has 0 unspecified atom stereocenters. The number of nitrogens with one attached hydrogen (secondary N) is 1. The Hall–Kier alpha value is -5.55. The SMILES string of the molecule is C1=CCNC(c2ccc3c(c2)Sc2cc(-c4ccccc4)ccc2-c2ccc(-c4ccccc4)cc2Sc2cc(-c4ccccn4)ccc2-3)=C1. The van der Waals surface area contributed by atoms with Gasteiger partial charge in [0.2, 0.25) is 0 Å². The maximum Gasteiger partial charge on any atom is 0.0702 e. The van der Waals surface area contributed by atoms with Crippen LogP contribution in [0.3, 0.4) is 0 Å². The minimum absolute atomic E-state index is 0.830. The minimum Gasteiger partial charge on any atom is -0.381 e. The summed E-state index contributed by atoms with van der Waals surface area (Å²) in [6, 6.07) is 55.2. The molecule has 0 radical (unpaired) electrons. The van der Waals surface area contributed by atoms with Crippen LogP contribution in [0.15, 0.2) is 196 Å². The molecule has 9 rings (SSSR count). The predicted molar refractivity (Wildman–Crippen MR) is 211 cm³/mol. The van der Waals surface area contributed by atoms with Crippen molar-refractivity contribution in [3.63, 3.8) is 0 Å². The summed E-state index contributed by atoms with van der Waals surface area (Å²) in [5.41, 5.74) is 14.2. The van der Waals surface area contributed by atoms with Gasteiger partial charge in [-0.2, -0.15) is 0 Å². The van der Waals surface area contributed by atoms with Crippen LogP contribution in [0.5, 0.6) is 0 Å². The maximum atomic E-state index is 4.71. The monoisotopic (exact) mass is 676 g/mol. The third kappa shape index (κ3) is 5.98. The number of pyridine rings is 1. The molecule has 0 bridgehead atoms. The number of hydrogen-bond donors (Lipinski definition) is 1. The Morgan fingerprint density at radius 1 is 0.440 bits per heavy atom. The van der Waals surface area contributed by atoms with E-state index in [0.717, 1.165) is 23.5 Å². The Balaban J connectivity index is 1.30. The van der Waals surface area contributed by atoms with E-state index in [1.54, 1.807) is 0 Å². The first-order valence-corrected chi connectivity index (χ1v) is 18.5. The number of fused-ring (bicyclic) bond motifs is 6. The van der Waals surface area contributed by atoms with E-state index in [4.69, 9.17) is 4.98 Å². The Kier molecular flexibility index (Phi) is 8.17. The third-order valence-corrected chi connectivity index (χ3v) is 11.5. The van der Waals surface area contributed by atoms with Gasteiger partial charge in [0, 0.05) is 43.6 Å². The van der Waals surface area contributed by atoms with Gasteiger partial charge in [0.05, 0.1) is 5.69 Å². The lowest BCUT2D eigenvalue weighted by molar-refractivity contribution is 0.994. The second-order valence-electron chi connectivity index (χ2n) is 12.4. The molecule has 50 heavy (non-hydrogen) atoms. The van der Waals surface area contributed by atoms with Crippen LogP contribution in [-0.2, 0) is 0 Å². The summed E-state index contributed by atoms with van der Waals surface area (Å²) >= 11 is 3.71. The normalized spacial score (nSPS) is 13.2. The molecule has 7 aromatic rings. The van der Waals surface area contributed by atoms with E-state index in [2.05, 4.69) is 169 Å². The van der Waals surface area contributed by atoms with Crippen molar-refractivity contribution in [1.82, 2.24) is 10.3 Å². The van der Waals surface area contributed by atoms with Gasteiger partial charge >= 0.3 is 0 Å². The summed E-state index contributed by atoms with van der Waals surface area (Å²) in [4.78, 5) is 9.60. The Morgan fingerprint density at radius 3 is 1.42 bits per heavy atom. The fourth-order valence-electron chi connectivity index (χ4n) is 6.69. The van der Waals surface area contributed by atoms with Crippen molar-refractivity contribution < 1.29 is 0 Å². The zero-order chi connectivity index (χ0) is 33.3. The van der Waals surface area contributed by atoms with E-state index in [0.29, 0.717) is 0 Å². The highest BCUT2D eigenvalue weighted by molar-refractivity contribution is 8.00. The second kappa shape index (κ2) is 13.4. The molecule has 0 saturated heterocycles. The quantitative estimate of drug-likeness (QED) is 0.201. The van der Waals surface area contributed by atoms with Crippen molar-refractivity contribution >= 4 is 29.2 Å². The lowest BCUT2D eigenvalue weighted by Gasteiger charge is -2.23. The zero-order valence-corrected chi connectivity index (χ0v) is 28.8. The molecular weight excluding hydrogens is 645 g/mol. The summed E-state index contributed by atoms with van der Waals surface area (Å²) in [6.45, 7) is 0.830. The summed E-state index contributed by atoms with van der Waals surface area (Å²) in [7, 11) is 0. The topological polar surface area (TPSA) is 24.9 Å². The highest BCUT2D eigenvalue weighted by atomic mass is 32.2. The lowest BCUT2D eigenvalue weighted by Crippen LogP contribution is -2.14. The van der Waals surface area contributed by atoms with Crippen LogP contribution in [0.25, 0.3) is 61.5 Å². The van der Waals surface area contributed by atoms with Gasteiger partial charge in [-0.3, -0.25) is 4.98 Å². The minimum atomic E-state index is 0.830. The van der Waals surface area contributed by atoms with Crippen molar-refractivity contribution in [1.29, 1.82) is 0 Å². The summed E-state index contributed by atoms with van der Waals surface area (Å²) in [5.74, 6) is 0. The zero-order valence-electron chi connectivity index (χ0n) is 27.2. The van der Waals surface area contributed by atoms with E-state index in [9.17, 15) is 0 Å². The van der Waals surface area contributed by atoms with Crippen molar-refractivity contribution in [2.45, 2.75) is 19.6 Å². The second-order valence-corrected chi connectivity index (χ2v) is 14.6. The number of nitrogens with zero attached hydrogens (tertiary/aromatic N) is 1. The number of aromatic nitrogens is 1. The van der Waals surface area contributed by atoms with Crippen LogP contribution < -0.4 is 5.32 Å². The number of rotatable bonds is 4. The van der Waals surface area contributed by atoms with Crippen LogP contribution in [-0.4, -0.2) is 11.5 Å². The summed E-state index contributed by atoms with van der Waals surface area (Å²) in [6.07, 6.45) is 8.32. The molecular formula is C46H32N2S2. The van der Waals surface area contributed by atoms with E-state index in [1.165, 1.54) is 69.7 Å². The molecule has 2 nitrogen and oxygen atoms in total. The van der Waals surface area contributed by atoms with Crippen molar-refractivity contribution in [3.05, 3.63) is 182 Å². The lowest BCUT2D eigenvalue weighted by atomic mass is 9.97. The number of dihydropyridines is 1. The van der Waals surface area contributed by atoms with Gasteiger partial charge in [0.25, 0.3) is 0 Å². The van der Waals surface area contributed by atoms with Gasteiger partial charge in [-0.15, -0.1) is 0 Å². The summed E-state index contributed by atoms with van der Waals surface area (Å²) < 4.78 is 0. The first kappa shape index (κ1) is 30.5. The van der Waals surface area contributed by atoms with Crippen molar-refractivity contribution in [2.24, 2.45) is 0 Å². The molecule has 2 aliphatic rings. The van der Waals surface area contributed by atoms with Crippen LogP contribution in [0.2, 0.25) is 0 Å². The molecule has 0 saturated carbocycles. The van der Waals surface area contributed by atoms with Crippen LogP contribution in [0.1, 0.15) is 5.56 Å². The van der Waals surface area contributed by atoms with Crippen molar-refractivity contribution in [3.8, 4) is 55.8 Å². The highest BCUT2D eigenvalue weighted by Gasteiger charge is 2.22. The van der Waals surface area contributed by atoms with Crippen LogP contribution in [0, 0.1) is 0 Å². The average Bonchev–Trinajstić information content (AvgIpc) is 3.19. The van der Waals surface area contributed by atoms with Crippen molar-refractivity contribution in [2.75, 3.05) is 6.54 Å². The molecule has 2 aliphatic heterocycles. The van der Waals surface area contributed by atoms with Gasteiger partial charge in [0.1, 0.15) is 0 Å². The van der Waals surface area contributed by atoms with Crippen LogP contribution >= 0.6 is 23.5 Å². The predicted octanol–water partition coefficient (Wildman–Crippen LogP) is 12.5. The number of benzene rings is 6. The molecule has 1 N–H and O–H groups in total. The van der Waals surface area contributed by atoms with Gasteiger partial charge in [-0.1, -0.05) is 151 Å². The molecule has 6 aromatic carbocycles. The molecule has 1 aromatic heterocycles. The Bertz CT molecular complexity index is 2420. The molecule has 0 atom stereocenters. The third-order valence-electron chi connectivity index (χ3n) is 9.24. The Morgan fingerprint density at radius 2 is 0.920 bits per heavy atom. The molecule has 0 aliphatic carbocycles. The smallest absolute Gasteiger partial charge is 0.0702 e. The molecule has 3 heterocycles. The molecule has 4 heteroatoms. The molecule has 0 spiro atoms. The summed E-state index contributed by atoms with van der Waals surface area (Å²) in [5, 5.41) is 3.57. The fourth-order valence-corrected chi connectivity index (χ4v) is 9.06. The largest absolute Gasteiger partial charge is 0.381 e. The van der Waals surface area contributed by atoms with E-state index < -0.39 is 0 Å². The highest BCUT2D eigenvalue weighted by Crippen LogP contribution is 2.51. The van der Waals surface area contributed by atoms with Gasteiger partial charge in [-0.05, 0) is 92.5 Å². The van der Waals surface area contributed by atoms with Gasteiger partial charge in [-0.25, -0.2) is 0 Å². The fraction of sp³-hybridized carbons (Fsp3) is 0.0217. The van der Waals surface area contributed by atoms with Gasteiger partial charge in [0.15, 0.2) is 0 Å². The average molecular weight is 677 g/mol. The molecule has 0 fully saturated rings. The first-order chi connectivity index (χ1) is 24.8. The Labute approximate surface area is 301 Å². The standard InChI is InChI=1S/C46H32N2S2/c1-3-11-31(12-4-1)33-17-21-37-38-22-18-34(32-13-5-2-6-14-32)28-44(38)50-46-30-36(42-16-8-10-26-48-42)20-24-40(46)39-23-19-35(41-15-7-9-25-47-41)29-45(39)49-43(37)27-33/h1-25,27-30,48H,26H2. The van der Waals surface area contributed by atoms with E-state index >= 15 is 0 Å². The van der Waals surface area contributed by atoms with Gasteiger partial charge < -0.3 is 5.32 Å². The molecule has 238 valence electrons. The molecule has 0 amide bonds.